The molecule has 33 heavy (non-hydrogen) atoms. The van der Waals surface area contributed by atoms with Crippen LogP contribution in [-0.4, -0.2) is 70.9 Å². The van der Waals surface area contributed by atoms with Crippen LogP contribution in [0.5, 0.6) is 0 Å². The van der Waals surface area contributed by atoms with Crippen molar-refractivity contribution >= 4 is 40.8 Å². The SMILES string of the molecule is O=C(CCN1CCN(c2ccc(Cl)cc2[N+](=O)[O-])CC1)NN1C(=O)NC2(CCCCC2)C1=O. The Balaban J connectivity index is 1.26. The van der Waals surface area contributed by atoms with Crippen LogP contribution in [0.2, 0.25) is 5.02 Å². The molecule has 0 bridgehead atoms. The number of amides is 4. The number of urea groups is 1. The van der Waals surface area contributed by atoms with Gasteiger partial charge in [0, 0.05) is 50.2 Å². The first-order valence-electron chi connectivity index (χ1n) is 11.2. The monoisotopic (exact) mass is 478 g/mol. The van der Waals surface area contributed by atoms with Crippen molar-refractivity contribution in [3.63, 3.8) is 0 Å². The zero-order valence-electron chi connectivity index (χ0n) is 18.2. The van der Waals surface area contributed by atoms with E-state index in [2.05, 4.69) is 15.6 Å². The molecule has 1 spiro atoms. The van der Waals surface area contributed by atoms with E-state index in [4.69, 9.17) is 11.6 Å². The van der Waals surface area contributed by atoms with Crippen LogP contribution in [0.3, 0.4) is 0 Å². The molecule has 1 aromatic rings. The van der Waals surface area contributed by atoms with Gasteiger partial charge in [-0.25, -0.2) is 4.79 Å². The molecule has 1 aliphatic carbocycles. The van der Waals surface area contributed by atoms with Gasteiger partial charge in [0.1, 0.15) is 11.2 Å². The molecule has 2 heterocycles. The van der Waals surface area contributed by atoms with E-state index in [0.717, 1.165) is 24.3 Å². The number of nitrogens with one attached hydrogen (secondary N) is 2. The minimum atomic E-state index is -0.872. The molecule has 11 nitrogen and oxygen atoms in total. The topological polar surface area (TPSA) is 128 Å². The number of hydrogen-bond donors (Lipinski definition) is 2. The highest BCUT2D eigenvalue weighted by Crippen LogP contribution is 2.33. The van der Waals surface area contributed by atoms with Crippen molar-refractivity contribution in [2.75, 3.05) is 37.6 Å². The fraction of sp³-hybridized carbons (Fsp3) is 0.571. The van der Waals surface area contributed by atoms with E-state index < -0.39 is 22.4 Å². The smallest absolute Gasteiger partial charge is 0.344 e. The summed E-state index contributed by atoms with van der Waals surface area (Å²) in [6.45, 7) is 2.84. The van der Waals surface area contributed by atoms with Crippen LogP contribution < -0.4 is 15.6 Å². The normalized spacial score (nSPS) is 20.8. The number of anilines is 1. The van der Waals surface area contributed by atoms with Crippen molar-refractivity contribution < 1.29 is 19.3 Å². The molecule has 12 heteroatoms. The minimum Gasteiger partial charge on any atom is -0.363 e. The Morgan fingerprint density at radius 2 is 1.85 bits per heavy atom. The molecular weight excluding hydrogens is 452 g/mol. The lowest BCUT2D eigenvalue weighted by Gasteiger charge is -2.35. The lowest BCUT2D eigenvalue weighted by molar-refractivity contribution is -0.384. The second-order valence-electron chi connectivity index (χ2n) is 8.72. The highest BCUT2D eigenvalue weighted by Gasteiger charge is 2.52. The zero-order valence-corrected chi connectivity index (χ0v) is 19.0. The number of carbonyl (C=O) groups is 3. The Morgan fingerprint density at radius 1 is 1.15 bits per heavy atom. The van der Waals surface area contributed by atoms with Crippen LogP contribution >= 0.6 is 11.6 Å². The third-order valence-electron chi connectivity index (χ3n) is 6.61. The summed E-state index contributed by atoms with van der Waals surface area (Å²) in [6.07, 6.45) is 4.11. The number of nitro groups is 1. The summed E-state index contributed by atoms with van der Waals surface area (Å²) < 4.78 is 0. The van der Waals surface area contributed by atoms with Gasteiger partial charge >= 0.3 is 6.03 Å². The molecule has 2 N–H and O–H groups in total. The van der Waals surface area contributed by atoms with Crippen LogP contribution in [0.15, 0.2) is 18.2 Å². The predicted molar refractivity (Wildman–Crippen MR) is 121 cm³/mol. The molecule has 4 rings (SSSR count). The van der Waals surface area contributed by atoms with Crippen LogP contribution in [0.25, 0.3) is 0 Å². The average Bonchev–Trinajstić information content (AvgIpc) is 3.02. The van der Waals surface area contributed by atoms with E-state index in [1.165, 1.54) is 6.07 Å². The van der Waals surface area contributed by atoms with E-state index in [1.807, 2.05) is 4.90 Å². The van der Waals surface area contributed by atoms with Gasteiger partial charge in [-0.15, -0.1) is 0 Å². The molecule has 0 atom stereocenters. The summed E-state index contributed by atoms with van der Waals surface area (Å²) >= 11 is 5.90. The third kappa shape index (κ3) is 4.88. The molecular formula is C21H27ClN6O5. The number of halogens is 1. The summed E-state index contributed by atoms with van der Waals surface area (Å²) in [7, 11) is 0. The Kier molecular flexibility index (Phi) is 6.71. The lowest BCUT2D eigenvalue weighted by Crippen LogP contribution is -2.51. The van der Waals surface area contributed by atoms with Gasteiger partial charge in [0.2, 0.25) is 5.91 Å². The van der Waals surface area contributed by atoms with Gasteiger partial charge < -0.3 is 10.2 Å². The van der Waals surface area contributed by atoms with E-state index in [1.54, 1.807) is 12.1 Å². The maximum Gasteiger partial charge on any atom is 0.344 e. The Morgan fingerprint density at radius 3 is 2.52 bits per heavy atom. The van der Waals surface area contributed by atoms with E-state index in [0.29, 0.717) is 56.3 Å². The van der Waals surface area contributed by atoms with Gasteiger partial charge in [0.15, 0.2) is 0 Å². The number of rotatable bonds is 6. The van der Waals surface area contributed by atoms with Crippen molar-refractivity contribution in [3.05, 3.63) is 33.3 Å². The van der Waals surface area contributed by atoms with Gasteiger partial charge in [-0.2, -0.15) is 5.01 Å². The fourth-order valence-corrected chi connectivity index (χ4v) is 4.95. The Bertz CT molecular complexity index is 958. The Labute approximate surface area is 196 Å². The van der Waals surface area contributed by atoms with Crippen molar-refractivity contribution in [1.82, 2.24) is 20.7 Å². The molecule has 2 aliphatic heterocycles. The molecule has 3 fully saturated rings. The maximum absolute atomic E-state index is 12.8. The van der Waals surface area contributed by atoms with Gasteiger partial charge in [0.25, 0.3) is 11.6 Å². The Hall–Kier alpha value is -2.92. The first-order valence-corrected chi connectivity index (χ1v) is 11.5. The van der Waals surface area contributed by atoms with Gasteiger partial charge in [-0.05, 0) is 25.0 Å². The number of hydrazine groups is 1. The van der Waals surface area contributed by atoms with E-state index in [-0.39, 0.29) is 18.0 Å². The molecule has 178 valence electrons. The second-order valence-corrected chi connectivity index (χ2v) is 9.15. The average molecular weight is 479 g/mol. The third-order valence-corrected chi connectivity index (χ3v) is 6.84. The highest BCUT2D eigenvalue weighted by molar-refractivity contribution is 6.30. The van der Waals surface area contributed by atoms with Crippen molar-refractivity contribution in [1.29, 1.82) is 0 Å². The minimum absolute atomic E-state index is 0.0281. The summed E-state index contributed by atoms with van der Waals surface area (Å²) in [5.74, 6) is -0.777. The molecule has 3 aliphatic rings. The summed E-state index contributed by atoms with van der Waals surface area (Å²) in [5.41, 5.74) is 2.08. The summed E-state index contributed by atoms with van der Waals surface area (Å²) in [5, 5.41) is 15.3. The molecule has 4 amide bonds. The first-order chi connectivity index (χ1) is 15.8. The van der Waals surface area contributed by atoms with Crippen LogP contribution in [-0.2, 0) is 9.59 Å². The molecule has 0 unspecified atom stereocenters. The number of hydrogen-bond acceptors (Lipinski definition) is 7. The first kappa shape index (κ1) is 23.2. The fourth-order valence-electron chi connectivity index (χ4n) is 4.78. The molecule has 0 aromatic heterocycles. The quantitative estimate of drug-likeness (QED) is 0.363. The second kappa shape index (κ2) is 9.52. The van der Waals surface area contributed by atoms with Crippen molar-refractivity contribution in [3.8, 4) is 0 Å². The number of nitro benzene ring substituents is 1. The molecule has 2 saturated heterocycles. The standard InChI is InChI=1S/C21H27ClN6O5/c22-15-4-5-16(17(14-15)28(32)33)26-12-10-25(11-13-26)9-6-18(29)24-27-19(30)21(23-20(27)31)7-2-1-3-8-21/h4-5,14H,1-3,6-13H2,(H,23,31)(H,24,29). The summed E-state index contributed by atoms with van der Waals surface area (Å²) in [6, 6.07) is 4.06. The van der Waals surface area contributed by atoms with Gasteiger partial charge in [-0.1, -0.05) is 30.9 Å². The number of imide groups is 1. The van der Waals surface area contributed by atoms with Crippen molar-refractivity contribution in [2.45, 2.75) is 44.1 Å². The van der Waals surface area contributed by atoms with E-state index in [9.17, 15) is 24.5 Å². The number of carbonyl (C=O) groups excluding carboxylic acids is 3. The van der Waals surface area contributed by atoms with Crippen LogP contribution in [0.1, 0.15) is 38.5 Å². The highest BCUT2D eigenvalue weighted by atomic mass is 35.5. The molecule has 0 radical (unpaired) electrons. The summed E-state index contributed by atoms with van der Waals surface area (Å²) in [4.78, 5) is 52.4. The largest absolute Gasteiger partial charge is 0.363 e. The van der Waals surface area contributed by atoms with Crippen LogP contribution in [0, 0.1) is 10.1 Å². The maximum atomic E-state index is 12.8. The van der Waals surface area contributed by atoms with Crippen molar-refractivity contribution in [2.24, 2.45) is 0 Å². The number of piperazine rings is 1. The molecule has 1 aromatic carbocycles. The van der Waals surface area contributed by atoms with Gasteiger partial charge in [0.05, 0.1) is 4.92 Å². The van der Waals surface area contributed by atoms with E-state index >= 15 is 0 Å². The number of benzene rings is 1. The van der Waals surface area contributed by atoms with Crippen LogP contribution in [0.4, 0.5) is 16.2 Å². The van der Waals surface area contributed by atoms with Gasteiger partial charge in [-0.3, -0.25) is 30.0 Å². The predicted octanol–water partition coefficient (Wildman–Crippen LogP) is 2.05. The lowest BCUT2D eigenvalue weighted by atomic mass is 9.82. The molecule has 1 saturated carbocycles. The number of nitrogens with zero attached hydrogens (tertiary/aromatic N) is 4. The zero-order chi connectivity index (χ0) is 23.6.